The summed E-state index contributed by atoms with van der Waals surface area (Å²) >= 11 is 0. The molecule has 2 aromatic carbocycles. The predicted octanol–water partition coefficient (Wildman–Crippen LogP) is 2.54. The molecule has 0 saturated heterocycles. The maximum absolute atomic E-state index is 11.1. The smallest absolute Gasteiger partial charge is 0.308 e. The van der Waals surface area contributed by atoms with Gasteiger partial charge in [-0.3, -0.25) is 4.79 Å². The topological polar surface area (TPSA) is 66.8 Å². The van der Waals surface area contributed by atoms with Crippen LogP contribution in [0.25, 0.3) is 11.1 Å². The molecule has 1 aliphatic rings. The Labute approximate surface area is 130 Å². The van der Waals surface area contributed by atoms with Crippen LogP contribution in [0.4, 0.5) is 0 Å². The summed E-state index contributed by atoms with van der Waals surface area (Å²) in [7, 11) is 0. The van der Waals surface area contributed by atoms with Crippen molar-refractivity contribution in [2.45, 2.75) is 26.4 Å². The summed E-state index contributed by atoms with van der Waals surface area (Å²) in [6, 6.07) is 14.2. The highest BCUT2D eigenvalue weighted by molar-refractivity contribution is 5.80. The van der Waals surface area contributed by atoms with E-state index < -0.39 is 6.10 Å². The van der Waals surface area contributed by atoms with Crippen LogP contribution >= 0.6 is 0 Å². The van der Waals surface area contributed by atoms with E-state index in [9.17, 15) is 4.79 Å². The third kappa shape index (κ3) is 3.72. The molecule has 0 bridgehead atoms. The monoisotopic (exact) mass is 300 g/mol. The van der Waals surface area contributed by atoms with Crippen molar-refractivity contribution in [3.63, 3.8) is 0 Å². The number of carbonyl (C=O) groups is 1. The van der Waals surface area contributed by atoms with Gasteiger partial charge in [-0.15, -0.1) is 0 Å². The molecule has 22 heavy (non-hydrogen) atoms. The summed E-state index contributed by atoms with van der Waals surface area (Å²) in [4.78, 5) is 11.1. The van der Waals surface area contributed by atoms with E-state index in [1.165, 1.54) is 30.5 Å². The van der Waals surface area contributed by atoms with Gasteiger partial charge in [0.2, 0.25) is 0 Å². The minimum atomic E-state index is -0.560. The van der Waals surface area contributed by atoms with E-state index in [4.69, 9.17) is 14.9 Å². The van der Waals surface area contributed by atoms with Crippen molar-refractivity contribution in [1.29, 1.82) is 0 Å². The number of ether oxygens (including phenoxy) is 1. The molecule has 1 unspecified atom stereocenters. The number of benzene rings is 2. The molecule has 0 aliphatic heterocycles. The van der Waals surface area contributed by atoms with Crippen LogP contribution in [0.1, 0.15) is 25.0 Å². The highest BCUT2D eigenvalue weighted by Gasteiger charge is 2.21. The molecule has 116 valence electrons. The van der Waals surface area contributed by atoms with E-state index >= 15 is 0 Å². The van der Waals surface area contributed by atoms with Gasteiger partial charge >= 0.3 is 5.97 Å². The number of rotatable bonds is 2. The fourth-order valence-electron chi connectivity index (χ4n) is 2.38. The molecule has 0 fully saturated rings. The molecule has 0 saturated carbocycles. The summed E-state index contributed by atoms with van der Waals surface area (Å²) in [6.07, 6.45) is 0.282. The summed E-state index contributed by atoms with van der Waals surface area (Å²) in [5.74, 6) is 0.417. The second-order valence-corrected chi connectivity index (χ2v) is 5.24. The molecular weight excluding hydrogens is 280 g/mol. The number of hydrogen-bond donors (Lipinski definition) is 2. The van der Waals surface area contributed by atoms with Crippen molar-refractivity contribution in [2.24, 2.45) is 0 Å². The average Bonchev–Trinajstić information content (AvgIpc) is 2.87. The minimum absolute atomic E-state index is 0.139. The number of aliphatic hydroxyl groups excluding tert-OH is 2. The second-order valence-electron chi connectivity index (χ2n) is 5.24. The van der Waals surface area contributed by atoms with Crippen molar-refractivity contribution >= 4 is 5.97 Å². The van der Waals surface area contributed by atoms with Crippen LogP contribution in [-0.2, 0) is 11.2 Å². The zero-order valence-electron chi connectivity index (χ0n) is 12.7. The Balaban J connectivity index is 0.000000309. The molecule has 0 aromatic heterocycles. The van der Waals surface area contributed by atoms with Crippen LogP contribution in [-0.4, -0.2) is 28.9 Å². The Bertz CT molecular complexity index is 662. The van der Waals surface area contributed by atoms with Gasteiger partial charge < -0.3 is 14.9 Å². The maximum Gasteiger partial charge on any atom is 0.308 e. The second kappa shape index (κ2) is 7.20. The quantitative estimate of drug-likeness (QED) is 0.564. The largest absolute Gasteiger partial charge is 0.426 e. The molecule has 3 rings (SSSR count). The molecule has 0 amide bonds. The van der Waals surface area contributed by atoms with Crippen LogP contribution in [0, 0.1) is 0 Å². The summed E-state index contributed by atoms with van der Waals surface area (Å²) < 4.78 is 5.25. The van der Waals surface area contributed by atoms with Gasteiger partial charge in [0, 0.05) is 18.9 Å². The van der Waals surface area contributed by atoms with E-state index in [1.807, 2.05) is 24.3 Å². The first-order chi connectivity index (χ1) is 10.5. The number of fused-ring (bicyclic) bond motifs is 3. The number of hydrogen-bond acceptors (Lipinski definition) is 4. The Morgan fingerprint density at radius 3 is 2.45 bits per heavy atom. The van der Waals surface area contributed by atoms with Crippen molar-refractivity contribution in [2.75, 3.05) is 6.61 Å². The zero-order chi connectivity index (χ0) is 16.1. The van der Waals surface area contributed by atoms with Crippen LogP contribution in [0.3, 0.4) is 0 Å². The Hall–Kier alpha value is -2.17. The van der Waals surface area contributed by atoms with E-state index in [0.717, 1.165) is 12.0 Å². The third-order valence-corrected chi connectivity index (χ3v) is 3.33. The molecule has 4 nitrogen and oxygen atoms in total. The SMILES string of the molecule is CC(=O)Oc1cccc2c1Cc1ccccc1-2.CC(O)CO. The molecule has 1 aliphatic carbocycles. The normalized spacial score (nSPS) is 12.5. The maximum atomic E-state index is 11.1. The van der Waals surface area contributed by atoms with Gasteiger partial charge in [-0.1, -0.05) is 36.4 Å². The molecule has 2 aromatic rings. The van der Waals surface area contributed by atoms with Crippen molar-refractivity contribution < 1.29 is 19.7 Å². The summed E-state index contributed by atoms with van der Waals surface area (Å²) in [6.45, 7) is 2.82. The first kappa shape index (κ1) is 16.2. The summed E-state index contributed by atoms with van der Waals surface area (Å²) in [5.41, 5.74) is 4.84. The number of carbonyl (C=O) groups excluding carboxylic acids is 1. The lowest BCUT2D eigenvalue weighted by atomic mass is 10.1. The van der Waals surface area contributed by atoms with Crippen molar-refractivity contribution in [3.8, 4) is 16.9 Å². The molecule has 0 radical (unpaired) electrons. The van der Waals surface area contributed by atoms with Gasteiger partial charge in [-0.2, -0.15) is 0 Å². The molecule has 4 heteroatoms. The fraction of sp³-hybridized carbons (Fsp3) is 0.278. The van der Waals surface area contributed by atoms with E-state index in [2.05, 4.69) is 18.2 Å². The molecule has 1 atom stereocenters. The molecule has 2 N–H and O–H groups in total. The fourth-order valence-corrected chi connectivity index (χ4v) is 2.38. The first-order valence-electron chi connectivity index (χ1n) is 7.20. The van der Waals surface area contributed by atoms with Crippen LogP contribution in [0.2, 0.25) is 0 Å². The van der Waals surface area contributed by atoms with E-state index in [0.29, 0.717) is 5.75 Å². The molecule has 0 spiro atoms. The lowest BCUT2D eigenvalue weighted by molar-refractivity contribution is -0.131. The summed E-state index contributed by atoms with van der Waals surface area (Å²) in [5, 5.41) is 16.0. The van der Waals surface area contributed by atoms with Crippen LogP contribution in [0.5, 0.6) is 5.75 Å². The lowest BCUT2D eigenvalue weighted by Crippen LogP contribution is -2.03. The van der Waals surface area contributed by atoms with Gasteiger partial charge in [0.05, 0.1) is 12.7 Å². The average molecular weight is 300 g/mol. The predicted molar refractivity (Wildman–Crippen MR) is 84.8 cm³/mol. The zero-order valence-corrected chi connectivity index (χ0v) is 12.7. The Morgan fingerprint density at radius 2 is 1.82 bits per heavy atom. The van der Waals surface area contributed by atoms with Crippen molar-refractivity contribution in [3.05, 3.63) is 53.6 Å². The minimum Gasteiger partial charge on any atom is -0.426 e. The number of esters is 1. The molecule has 0 heterocycles. The Kier molecular flexibility index (Phi) is 5.31. The number of aliphatic hydroxyl groups is 2. The van der Waals surface area contributed by atoms with Crippen molar-refractivity contribution in [1.82, 2.24) is 0 Å². The standard InChI is InChI=1S/C15H12O2.C3H8O2/c1-10(16)17-15-8-4-7-13-12-6-3-2-5-11(12)9-14(13)15;1-3(5)2-4/h2-8H,9H2,1H3;3-5H,2H2,1H3. The van der Waals surface area contributed by atoms with Gasteiger partial charge in [-0.05, 0) is 29.7 Å². The van der Waals surface area contributed by atoms with E-state index in [-0.39, 0.29) is 12.6 Å². The Morgan fingerprint density at radius 1 is 1.18 bits per heavy atom. The lowest BCUT2D eigenvalue weighted by Gasteiger charge is -2.07. The third-order valence-electron chi connectivity index (χ3n) is 3.33. The molecular formula is C18H20O4. The van der Waals surface area contributed by atoms with Gasteiger partial charge in [-0.25, -0.2) is 0 Å². The highest BCUT2D eigenvalue weighted by atomic mass is 16.5. The van der Waals surface area contributed by atoms with Gasteiger partial charge in [0.25, 0.3) is 0 Å². The van der Waals surface area contributed by atoms with Crippen LogP contribution < -0.4 is 4.74 Å². The first-order valence-corrected chi connectivity index (χ1v) is 7.20. The highest BCUT2D eigenvalue weighted by Crippen LogP contribution is 2.40. The van der Waals surface area contributed by atoms with E-state index in [1.54, 1.807) is 0 Å². The van der Waals surface area contributed by atoms with Crippen LogP contribution in [0.15, 0.2) is 42.5 Å². The van der Waals surface area contributed by atoms with Gasteiger partial charge in [0.15, 0.2) is 0 Å². The van der Waals surface area contributed by atoms with Gasteiger partial charge in [0.1, 0.15) is 5.75 Å².